The van der Waals surface area contributed by atoms with Crippen molar-refractivity contribution in [3.05, 3.63) is 47.5 Å². The molecule has 29 heavy (non-hydrogen) atoms. The van der Waals surface area contributed by atoms with Gasteiger partial charge in [-0.2, -0.15) is 8.78 Å². The molecular weight excluding hydrogens is 380 g/mol. The molecule has 1 heterocycles. The third kappa shape index (κ3) is 6.10. The van der Waals surface area contributed by atoms with E-state index >= 15 is 0 Å². The van der Waals surface area contributed by atoms with Crippen LogP contribution in [0.1, 0.15) is 55.5 Å². The largest absolute Gasteiger partial charge is 0.478 e. The fourth-order valence-corrected chi connectivity index (χ4v) is 3.45. The zero-order valence-corrected chi connectivity index (χ0v) is 16.9. The fraction of sp³-hybridized carbons (Fsp3) is 0.545. The van der Waals surface area contributed by atoms with Crippen LogP contribution in [-0.4, -0.2) is 51.6 Å². The zero-order chi connectivity index (χ0) is 21.6. The normalized spacial score (nSPS) is 20.9. The molecule has 0 saturated carbocycles. The van der Waals surface area contributed by atoms with E-state index in [1.807, 2.05) is 6.92 Å². The summed E-state index contributed by atoms with van der Waals surface area (Å²) in [7, 11) is 0. The molecule has 1 saturated heterocycles. The molecule has 5 nitrogen and oxygen atoms in total. The van der Waals surface area contributed by atoms with Crippen molar-refractivity contribution < 1.29 is 28.6 Å². The van der Waals surface area contributed by atoms with Gasteiger partial charge in [0.25, 0.3) is 5.91 Å². The number of aliphatic hydroxyl groups excluding tert-OH is 1. The van der Waals surface area contributed by atoms with Crippen LogP contribution in [0.5, 0.6) is 0 Å². The number of carboxylic acid groups (broad SMARTS) is 1. The minimum atomic E-state index is -3.42. The van der Waals surface area contributed by atoms with Crippen molar-refractivity contribution in [2.45, 2.75) is 64.0 Å². The van der Waals surface area contributed by atoms with Crippen molar-refractivity contribution in [2.24, 2.45) is 5.92 Å². The molecule has 2 rings (SSSR count). The predicted octanol–water partition coefficient (Wildman–Crippen LogP) is 3.91. The van der Waals surface area contributed by atoms with Crippen LogP contribution in [0.2, 0.25) is 0 Å². The summed E-state index contributed by atoms with van der Waals surface area (Å²) in [6.07, 6.45) is 4.88. The Morgan fingerprint density at radius 3 is 2.59 bits per heavy atom. The number of unbranched alkanes of at least 4 members (excludes halogenated alkanes) is 1. The highest BCUT2D eigenvalue weighted by Crippen LogP contribution is 2.34. The van der Waals surface area contributed by atoms with Crippen LogP contribution in [0.4, 0.5) is 8.78 Å². The van der Waals surface area contributed by atoms with Gasteiger partial charge in [0.1, 0.15) is 0 Å². The first-order chi connectivity index (χ1) is 13.7. The van der Waals surface area contributed by atoms with Gasteiger partial charge < -0.3 is 15.1 Å². The van der Waals surface area contributed by atoms with Crippen LogP contribution in [0.25, 0.3) is 0 Å². The molecular formula is C22H29F2NO4. The lowest BCUT2D eigenvalue weighted by Crippen LogP contribution is -2.37. The Bertz CT molecular complexity index is 733. The molecule has 1 amide bonds. The lowest BCUT2D eigenvalue weighted by molar-refractivity contribution is -0.148. The Morgan fingerprint density at radius 2 is 2.00 bits per heavy atom. The molecule has 1 aromatic carbocycles. The molecule has 1 aliphatic rings. The topological polar surface area (TPSA) is 77.8 Å². The average Bonchev–Trinajstić information content (AvgIpc) is 2.91. The van der Waals surface area contributed by atoms with Gasteiger partial charge in [-0.3, -0.25) is 4.79 Å². The van der Waals surface area contributed by atoms with Crippen molar-refractivity contribution in [1.82, 2.24) is 4.90 Å². The van der Waals surface area contributed by atoms with E-state index < -0.39 is 36.4 Å². The van der Waals surface area contributed by atoms with Crippen LogP contribution in [-0.2, 0) is 11.2 Å². The molecule has 1 fully saturated rings. The van der Waals surface area contributed by atoms with Crippen molar-refractivity contribution in [3.8, 4) is 0 Å². The Kier molecular flexibility index (Phi) is 7.90. The summed E-state index contributed by atoms with van der Waals surface area (Å²) < 4.78 is 28.0. The smallest absolute Gasteiger partial charge is 0.335 e. The van der Waals surface area contributed by atoms with Gasteiger partial charge in [-0.1, -0.05) is 51.0 Å². The maximum Gasteiger partial charge on any atom is 0.335 e. The molecule has 0 aliphatic carbocycles. The third-order valence-corrected chi connectivity index (χ3v) is 5.41. The summed E-state index contributed by atoms with van der Waals surface area (Å²) in [5, 5.41) is 19.2. The van der Waals surface area contributed by atoms with Gasteiger partial charge in [0.05, 0.1) is 17.7 Å². The number of likely N-dealkylation sites (tertiary alicyclic amines) is 1. The molecule has 0 aromatic heterocycles. The summed E-state index contributed by atoms with van der Waals surface area (Å²) in [6.45, 7) is 4.07. The second kappa shape index (κ2) is 9.96. The minimum absolute atomic E-state index is 0.0185. The molecule has 3 unspecified atom stereocenters. The molecule has 0 bridgehead atoms. The Morgan fingerprint density at radius 1 is 1.34 bits per heavy atom. The van der Waals surface area contributed by atoms with E-state index in [1.165, 1.54) is 24.3 Å². The third-order valence-electron chi connectivity index (χ3n) is 5.41. The number of amides is 1. The molecule has 7 heteroatoms. The highest BCUT2D eigenvalue weighted by Gasteiger charge is 2.52. The fourth-order valence-electron chi connectivity index (χ4n) is 3.45. The SMILES string of the molecule is CCCCC(C)C(O)C=CC1CC(F)(F)C(=O)N1CCc1ccc(C(=O)O)cc1. The number of hydrogen-bond acceptors (Lipinski definition) is 3. The van der Waals surface area contributed by atoms with Gasteiger partial charge >= 0.3 is 11.9 Å². The number of benzene rings is 1. The summed E-state index contributed by atoms with van der Waals surface area (Å²) >= 11 is 0. The summed E-state index contributed by atoms with van der Waals surface area (Å²) in [4.78, 5) is 24.2. The van der Waals surface area contributed by atoms with E-state index in [2.05, 4.69) is 6.92 Å². The van der Waals surface area contributed by atoms with Gasteiger partial charge in [-0.15, -0.1) is 0 Å². The number of rotatable bonds is 10. The van der Waals surface area contributed by atoms with Crippen LogP contribution in [0.15, 0.2) is 36.4 Å². The molecule has 1 aliphatic heterocycles. The number of aliphatic hydroxyl groups is 1. The number of nitrogens with zero attached hydrogens (tertiary/aromatic N) is 1. The lowest BCUT2D eigenvalue weighted by Gasteiger charge is -2.22. The van der Waals surface area contributed by atoms with E-state index in [9.17, 15) is 23.5 Å². The van der Waals surface area contributed by atoms with Gasteiger partial charge in [-0.05, 0) is 36.5 Å². The van der Waals surface area contributed by atoms with E-state index in [1.54, 1.807) is 12.1 Å². The Labute approximate surface area is 170 Å². The van der Waals surface area contributed by atoms with E-state index in [0.29, 0.717) is 6.42 Å². The number of alkyl halides is 2. The van der Waals surface area contributed by atoms with Crippen LogP contribution < -0.4 is 0 Å². The quantitative estimate of drug-likeness (QED) is 0.575. The highest BCUT2D eigenvalue weighted by atomic mass is 19.3. The van der Waals surface area contributed by atoms with Crippen molar-refractivity contribution in [1.29, 1.82) is 0 Å². The standard InChI is InChI=1S/C22H29F2NO4/c1-3-4-5-15(2)19(26)11-10-18-14-22(23,24)21(29)25(18)13-12-16-6-8-17(9-7-16)20(27)28/h6-11,15,18-19,26H,3-5,12-14H2,1-2H3,(H,27,28). The molecule has 1 aromatic rings. The number of carbonyl (C=O) groups is 2. The van der Waals surface area contributed by atoms with Crippen LogP contribution >= 0.6 is 0 Å². The lowest BCUT2D eigenvalue weighted by atomic mass is 9.97. The van der Waals surface area contributed by atoms with E-state index in [0.717, 1.165) is 29.7 Å². The highest BCUT2D eigenvalue weighted by molar-refractivity contribution is 5.87. The molecule has 0 spiro atoms. The number of carboxylic acids is 1. The molecule has 160 valence electrons. The maximum atomic E-state index is 14.0. The summed E-state index contributed by atoms with van der Waals surface area (Å²) in [5.74, 6) is -5.64. The van der Waals surface area contributed by atoms with Crippen LogP contribution in [0.3, 0.4) is 0 Å². The van der Waals surface area contributed by atoms with E-state index in [-0.39, 0.29) is 18.0 Å². The second-order valence-electron chi connectivity index (χ2n) is 7.72. The predicted molar refractivity (Wildman–Crippen MR) is 106 cm³/mol. The zero-order valence-electron chi connectivity index (χ0n) is 16.9. The van der Waals surface area contributed by atoms with Crippen molar-refractivity contribution >= 4 is 11.9 Å². The first-order valence-electron chi connectivity index (χ1n) is 10.0. The second-order valence-corrected chi connectivity index (χ2v) is 7.72. The van der Waals surface area contributed by atoms with Crippen molar-refractivity contribution in [2.75, 3.05) is 6.54 Å². The van der Waals surface area contributed by atoms with E-state index in [4.69, 9.17) is 5.11 Å². The number of hydrogen-bond donors (Lipinski definition) is 2. The van der Waals surface area contributed by atoms with Gasteiger partial charge in [0, 0.05) is 13.0 Å². The molecule has 3 atom stereocenters. The van der Waals surface area contributed by atoms with Crippen molar-refractivity contribution in [3.63, 3.8) is 0 Å². The number of aromatic carboxylic acids is 1. The molecule has 2 N–H and O–H groups in total. The first kappa shape index (κ1) is 23.0. The Hall–Kier alpha value is -2.28. The van der Waals surface area contributed by atoms with Gasteiger partial charge in [0.15, 0.2) is 0 Å². The average molecular weight is 409 g/mol. The molecule has 0 radical (unpaired) electrons. The van der Waals surface area contributed by atoms with Gasteiger partial charge in [-0.25, -0.2) is 4.79 Å². The number of halogens is 2. The first-order valence-corrected chi connectivity index (χ1v) is 10.0. The minimum Gasteiger partial charge on any atom is -0.478 e. The summed E-state index contributed by atoms with van der Waals surface area (Å²) in [6, 6.07) is 5.36. The maximum absolute atomic E-state index is 14.0. The van der Waals surface area contributed by atoms with Crippen LogP contribution in [0, 0.1) is 5.92 Å². The monoisotopic (exact) mass is 409 g/mol. The number of carbonyl (C=O) groups excluding carboxylic acids is 1. The summed E-state index contributed by atoms with van der Waals surface area (Å²) in [5.41, 5.74) is 0.901. The van der Waals surface area contributed by atoms with Gasteiger partial charge in [0.2, 0.25) is 0 Å². The Balaban J connectivity index is 2.03.